The number of carbonyl (C=O) groups is 2. The van der Waals surface area contributed by atoms with Crippen LogP contribution in [0, 0.1) is 5.92 Å². The lowest BCUT2D eigenvalue weighted by molar-refractivity contribution is -0.152. The second kappa shape index (κ2) is 10.3. The van der Waals surface area contributed by atoms with Gasteiger partial charge in [0.25, 0.3) is 0 Å². The van der Waals surface area contributed by atoms with Crippen LogP contribution in [0.1, 0.15) is 24.0 Å². The van der Waals surface area contributed by atoms with Crippen LogP contribution >= 0.6 is 15.9 Å². The summed E-state index contributed by atoms with van der Waals surface area (Å²) >= 11 is 3.42. The van der Waals surface area contributed by atoms with Gasteiger partial charge in [0.15, 0.2) is 0 Å². The molecule has 0 atom stereocenters. The van der Waals surface area contributed by atoms with Gasteiger partial charge in [-0.15, -0.1) is 0 Å². The Morgan fingerprint density at radius 3 is 2.55 bits per heavy atom. The molecule has 0 bridgehead atoms. The van der Waals surface area contributed by atoms with Crippen molar-refractivity contribution in [3.05, 3.63) is 70.2 Å². The maximum Gasteiger partial charge on any atom is 0.309 e. The van der Waals surface area contributed by atoms with E-state index in [1.807, 2.05) is 54.6 Å². The lowest BCUT2D eigenvalue weighted by Gasteiger charge is -2.30. The third kappa shape index (κ3) is 5.94. The number of benzene rings is 2. The number of likely N-dealkylation sites (tertiary alicyclic amines) is 1. The number of carbonyl (C=O) groups excluding carboxylic acids is 2. The van der Waals surface area contributed by atoms with Gasteiger partial charge in [-0.3, -0.25) is 9.59 Å². The van der Waals surface area contributed by atoms with Gasteiger partial charge in [0.1, 0.15) is 12.4 Å². The number of rotatable bonds is 6. The Kier molecular flexibility index (Phi) is 7.47. The molecule has 3 rings (SSSR count). The van der Waals surface area contributed by atoms with E-state index < -0.39 is 0 Å². The highest BCUT2D eigenvalue weighted by atomic mass is 79.9. The van der Waals surface area contributed by atoms with E-state index in [-0.39, 0.29) is 24.4 Å². The summed E-state index contributed by atoms with van der Waals surface area (Å²) in [6.45, 7) is 1.27. The number of hydrogen-bond acceptors (Lipinski definition) is 4. The monoisotopic (exact) mass is 457 g/mol. The zero-order chi connectivity index (χ0) is 20.6. The predicted molar refractivity (Wildman–Crippen MR) is 115 cm³/mol. The van der Waals surface area contributed by atoms with E-state index in [4.69, 9.17) is 9.47 Å². The maximum atomic E-state index is 12.5. The molecule has 0 unspecified atom stereocenters. The van der Waals surface area contributed by atoms with Crippen molar-refractivity contribution in [3.63, 3.8) is 0 Å². The standard InChI is InChI=1S/C23H24BrNO4/c1-28-21-9-8-20(24)15-19(21)16-29-23(27)18-11-13-25(14-12-18)22(26)10-7-17-5-3-2-4-6-17/h2-10,15,18H,11-14,16H2,1H3/b10-7+. The molecule has 0 N–H and O–H groups in total. The summed E-state index contributed by atoms with van der Waals surface area (Å²) in [5, 5.41) is 0. The number of methoxy groups -OCH3 is 1. The zero-order valence-corrected chi connectivity index (χ0v) is 17.9. The number of amides is 1. The molecule has 0 aliphatic carbocycles. The van der Waals surface area contributed by atoms with Crippen LogP contribution in [0.4, 0.5) is 0 Å². The minimum Gasteiger partial charge on any atom is -0.496 e. The Balaban J connectivity index is 1.47. The number of nitrogens with zero attached hydrogens (tertiary/aromatic N) is 1. The summed E-state index contributed by atoms with van der Waals surface area (Å²) in [5.74, 6) is 0.250. The zero-order valence-electron chi connectivity index (χ0n) is 16.3. The fourth-order valence-corrected chi connectivity index (χ4v) is 3.71. The number of esters is 1. The smallest absolute Gasteiger partial charge is 0.309 e. The molecule has 6 heteroatoms. The first kappa shape index (κ1) is 21.1. The van der Waals surface area contributed by atoms with Crippen LogP contribution in [0.5, 0.6) is 5.75 Å². The van der Waals surface area contributed by atoms with Crippen LogP contribution < -0.4 is 4.74 Å². The molecule has 1 amide bonds. The minimum atomic E-state index is -0.223. The molecule has 1 heterocycles. The highest BCUT2D eigenvalue weighted by molar-refractivity contribution is 9.10. The molecule has 1 aliphatic rings. The van der Waals surface area contributed by atoms with Gasteiger partial charge in [0.05, 0.1) is 13.0 Å². The van der Waals surface area contributed by atoms with E-state index in [1.54, 1.807) is 18.1 Å². The van der Waals surface area contributed by atoms with Crippen LogP contribution in [0.3, 0.4) is 0 Å². The number of ether oxygens (including phenoxy) is 2. The quantitative estimate of drug-likeness (QED) is 0.474. The van der Waals surface area contributed by atoms with Crippen molar-refractivity contribution in [2.45, 2.75) is 19.4 Å². The molecule has 0 aromatic heterocycles. The van der Waals surface area contributed by atoms with E-state index >= 15 is 0 Å². The van der Waals surface area contributed by atoms with Gasteiger partial charge in [0.2, 0.25) is 5.91 Å². The van der Waals surface area contributed by atoms with Gasteiger partial charge in [0, 0.05) is 29.2 Å². The summed E-state index contributed by atoms with van der Waals surface area (Å²) < 4.78 is 11.7. The van der Waals surface area contributed by atoms with E-state index in [0.717, 1.165) is 15.6 Å². The summed E-state index contributed by atoms with van der Waals surface area (Å²) in [4.78, 5) is 26.6. The number of hydrogen-bond donors (Lipinski definition) is 0. The van der Waals surface area contributed by atoms with Crippen LogP contribution in [-0.2, 0) is 20.9 Å². The molecular formula is C23H24BrNO4. The molecule has 0 saturated carbocycles. The van der Waals surface area contributed by atoms with E-state index in [0.29, 0.717) is 31.7 Å². The van der Waals surface area contributed by atoms with Crippen LogP contribution in [0.25, 0.3) is 6.08 Å². The van der Waals surface area contributed by atoms with Crippen molar-refractivity contribution < 1.29 is 19.1 Å². The normalized spacial score (nSPS) is 14.8. The summed E-state index contributed by atoms with van der Waals surface area (Å²) in [6.07, 6.45) is 4.63. The third-order valence-corrected chi connectivity index (χ3v) is 5.46. The van der Waals surface area contributed by atoms with Gasteiger partial charge < -0.3 is 14.4 Å². The predicted octanol–water partition coefficient (Wildman–Crippen LogP) is 4.45. The molecule has 29 heavy (non-hydrogen) atoms. The van der Waals surface area contributed by atoms with Crippen molar-refractivity contribution in [1.29, 1.82) is 0 Å². The molecule has 0 spiro atoms. The topological polar surface area (TPSA) is 55.8 Å². The van der Waals surface area contributed by atoms with Crippen molar-refractivity contribution in [2.75, 3.05) is 20.2 Å². The molecule has 0 radical (unpaired) electrons. The largest absolute Gasteiger partial charge is 0.496 e. The maximum absolute atomic E-state index is 12.5. The second-order valence-electron chi connectivity index (χ2n) is 6.91. The average Bonchev–Trinajstić information content (AvgIpc) is 2.76. The van der Waals surface area contributed by atoms with Gasteiger partial charge in [-0.05, 0) is 42.7 Å². The van der Waals surface area contributed by atoms with Gasteiger partial charge in [-0.25, -0.2) is 0 Å². The molecular weight excluding hydrogens is 434 g/mol. The minimum absolute atomic E-state index is 0.0282. The highest BCUT2D eigenvalue weighted by Gasteiger charge is 2.27. The van der Waals surface area contributed by atoms with Crippen molar-refractivity contribution >= 4 is 33.9 Å². The number of piperidine rings is 1. The third-order valence-electron chi connectivity index (χ3n) is 4.97. The molecule has 2 aromatic carbocycles. The molecule has 5 nitrogen and oxygen atoms in total. The number of halogens is 1. The van der Waals surface area contributed by atoms with Crippen molar-refractivity contribution in [1.82, 2.24) is 4.90 Å². The Hall–Kier alpha value is -2.60. The molecule has 1 saturated heterocycles. The lowest BCUT2D eigenvalue weighted by Crippen LogP contribution is -2.39. The molecule has 1 fully saturated rings. The Morgan fingerprint density at radius 1 is 1.14 bits per heavy atom. The molecule has 2 aromatic rings. The first-order chi connectivity index (χ1) is 14.1. The fraction of sp³-hybridized carbons (Fsp3) is 0.304. The van der Waals surface area contributed by atoms with Crippen molar-refractivity contribution in [2.24, 2.45) is 5.92 Å². The summed E-state index contributed by atoms with van der Waals surface area (Å²) in [5.41, 5.74) is 1.80. The second-order valence-corrected chi connectivity index (χ2v) is 7.82. The Bertz CT molecular complexity index is 874. The highest BCUT2D eigenvalue weighted by Crippen LogP contribution is 2.25. The van der Waals surface area contributed by atoms with E-state index in [9.17, 15) is 9.59 Å². The Labute approximate surface area is 179 Å². The summed E-state index contributed by atoms with van der Waals surface area (Å²) in [6, 6.07) is 15.3. The average molecular weight is 458 g/mol. The van der Waals surface area contributed by atoms with Crippen LogP contribution in [0.15, 0.2) is 59.1 Å². The van der Waals surface area contributed by atoms with Gasteiger partial charge >= 0.3 is 5.97 Å². The van der Waals surface area contributed by atoms with Crippen LogP contribution in [-0.4, -0.2) is 37.0 Å². The first-order valence-electron chi connectivity index (χ1n) is 9.58. The molecule has 1 aliphatic heterocycles. The SMILES string of the molecule is COc1ccc(Br)cc1COC(=O)C1CCN(C(=O)/C=C/c2ccccc2)CC1. The van der Waals surface area contributed by atoms with E-state index in [1.165, 1.54) is 0 Å². The molecule has 152 valence electrons. The fourth-order valence-electron chi connectivity index (χ4n) is 3.30. The van der Waals surface area contributed by atoms with Crippen molar-refractivity contribution in [3.8, 4) is 5.75 Å². The van der Waals surface area contributed by atoms with Crippen LogP contribution in [0.2, 0.25) is 0 Å². The summed E-state index contributed by atoms with van der Waals surface area (Å²) in [7, 11) is 1.59. The van der Waals surface area contributed by atoms with Gasteiger partial charge in [-0.2, -0.15) is 0 Å². The lowest BCUT2D eigenvalue weighted by atomic mass is 9.97. The first-order valence-corrected chi connectivity index (χ1v) is 10.4. The van der Waals surface area contributed by atoms with E-state index in [2.05, 4.69) is 15.9 Å². The Morgan fingerprint density at radius 2 is 1.86 bits per heavy atom. The van der Waals surface area contributed by atoms with Gasteiger partial charge in [-0.1, -0.05) is 46.3 Å².